The largest absolute Gasteiger partial charge is 0.303 e. The molecule has 0 N–H and O–H groups in total. The summed E-state index contributed by atoms with van der Waals surface area (Å²) in [6.45, 7) is 3.99. The van der Waals surface area contributed by atoms with E-state index in [1.165, 1.54) is 24.1 Å². The third-order valence-electron chi connectivity index (χ3n) is 1.87. The molecule has 0 atom stereocenters. The zero-order valence-corrected chi connectivity index (χ0v) is 7.43. The van der Waals surface area contributed by atoms with Crippen LogP contribution < -0.4 is 0 Å². The molecule has 62 valence electrons. The van der Waals surface area contributed by atoms with Crippen LogP contribution in [0.1, 0.15) is 25.7 Å². The quantitative estimate of drug-likeness (QED) is 0.525. The molecule has 0 bridgehead atoms. The molecule has 0 aromatic heterocycles. The molecule has 1 fully saturated rings. The Morgan fingerprint density at radius 1 is 1.27 bits per heavy atom. The lowest BCUT2D eigenvalue weighted by Crippen LogP contribution is -2.13. The molecule has 1 aliphatic rings. The Hall–Kier alpha value is -0.790. The molecule has 2 heteroatoms. The monoisotopic (exact) mass is 152 g/mol. The molecule has 0 heterocycles. The van der Waals surface area contributed by atoms with Gasteiger partial charge in [-0.25, -0.2) is 0 Å². The maximum absolute atomic E-state index is 4.37. The Morgan fingerprint density at radius 3 is 2.45 bits per heavy atom. The molecule has 1 rings (SSSR count). The fourth-order valence-corrected chi connectivity index (χ4v) is 1.31. The molecular weight excluding hydrogens is 136 g/mol. The first-order valence-corrected chi connectivity index (χ1v) is 4.13. The van der Waals surface area contributed by atoms with Crippen LogP contribution in [-0.2, 0) is 0 Å². The second-order valence-corrected chi connectivity index (χ2v) is 3.20. The molecule has 1 saturated carbocycles. The van der Waals surface area contributed by atoms with Crippen LogP contribution in [0, 0.1) is 0 Å². The third-order valence-corrected chi connectivity index (χ3v) is 1.87. The number of hydrazone groups is 1. The van der Waals surface area contributed by atoms with Gasteiger partial charge in [0, 0.05) is 14.1 Å². The van der Waals surface area contributed by atoms with Crippen LogP contribution in [-0.4, -0.2) is 24.8 Å². The van der Waals surface area contributed by atoms with Crippen molar-refractivity contribution >= 4 is 5.71 Å². The van der Waals surface area contributed by atoms with E-state index in [4.69, 9.17) is 0 Å². The van der Waals surface area contributed by atoms with E-state index in [0.717, 1.165) is 12.8 Å². The van der Waals surface area contributed by atoms with Crippen LogP contribution in [0.3, 0.4) is 0 Å². The minimum atomic E-state index is 1.11. The van der Waals surface area contributed by atoms with E-state index in [0.29, 0.717) is 0 Å². The Bertz CT molecular complexity index is 180. The Labute approximate surface area is 68.6 Å². The van der Waals surface area contributed by atoms with Gasteiger partial charge in [0.1, 0.15) is 0 Å². The first kappa shape index (κ1) is 8.31. The van der Waals surface area contributed by atoms with Crippen molar-refractivity contribution in [2.24, 2.45) is 5.10 Å². The number of rotatable bonds is 1. The molecule has 0 aliphatic heterocycles. The van der Waals surface area contributed by atoms with Gasteiger partial charge in [0.2, 0.25) is 0 Å². The number of hydrogen-bond donors (Lipinski definition) is 0. The van der Waals surface area contributed by atoms with Crippen molar-refractivity contribution in [1.82, 2.24) is 5.01 Å². The van der Waals surface area contributed by atoms with E-state index in [2.05, 4.69) is 11.7 Å². The van der Waals surface area contributed by atoms with Crippen LogP contribution in [0.25, 0.3) is 0 Å². The normalized spacial score (nSPS) is 22.4. The van der Waals surface area contributed by atoms with Crippen LogP contribution in [0.4, 0.5) is 0 Å². The van der Waals surface area contributed by atoms with Crippen molar-refractivity contribution in [2.75, 3.05) is 14.1 Å². The lowest BCUT2D eigenvalue weighted by atomic mass is 9.94. The molecule has 0 saturated heterocycles. The Morgan fingerprint density at radius 2 is 1.91 bits per heavy atom. The summed E-state index contributed by atoms with van der Waals surface area (Å²) in [6.07, 6.45) is 4.79. The predicted molar refractivity (Wildman–Crippen MR) is 48.7 cm³/mol. The average molecular weight is 152 g/mol. The van der Waals surface area contributed by atoms with Gasteiger partial charge >= 0.3 is 0 Å². The molecule has 0 amide bonds. The van der Waals surface area contributed by atoms with Crippen molar-refractivity contribution in [3.8, 4) is 0 Å². The van der Waals surface area contributed by atoms with Crippen LogP contribution in [0.5, 0.6) is 0 Å². The van der Waals surface area contributed by atoms with Crippen molar-refractivity contribution < 1.29 is 0 Å². The van der Waals surface area contributed by atoms with Gasteiger partial charge in [-0.3, -0.25) is 0 Å². The minimum absolute atomic E-state index is 1.11. The van der Waals surface area contributed by atoms with Crippen molar-refractivity contribution in [3.63, 3.8) is 0 Å². The van der Waals surface area contributed by atoms with Gasteiger partial charge in [0.25, 0.3) is 0 Å². The first-order valence-electron chi connectivity index (χ1n) is 4.13. The molecular formula is C9H16N2. The van der Waals surface area contributed by atoms with Crippen LogP contribution >= 0.6 is 0 Å². The van der Waals surface area contributed by atoms with E-state index in [9.17, 15) is 0 Å². The molecule has 1 aliphatic carbocycles. The second-order valence-electron chi connectivity index (χ2n) is 3.20. The molecule has 0 aromatic rings. The van der Waals surface area contributed by atoms with Gasteiger partial charge < -0.3 is 5.01 Å². The zero-order valence-electron chi connectivity index (χ0n) is 7.43. The van der Waals surface area contributed by atoms with Crippen molar-refractivity contribution in [2.45, 2.75) is 25.7 Å². The highest BCUT2D eigenvalue weighted by molar-refractivity contribution is 5.99. The SMILES string of the molecule is C=C1CCCC/C1=N\N(C)C. The average Bonchev–Trinajstić information content (AvgIpc) is 1.93. The fourth-order valence-electron chi connectivity index (χ4n) is 1.31. The topological polar surface area (TPSA) is 15.6 Å². The van der Waals surface area contributed by atoms with Crippen molar-refractivity contribution in [3.05, 3.63) is 12.2 Å². The third kappa shape index (κ3) is 2.37. The van der Waals surface area contributed by atoms with Gasteiger partial charge in [0.15, 0.2) is 0 Å². The molecule has 2 nitrogen and oxygen atoms in total. The highest BCUT2D eigenvalue weighted by atomic mass is 15.4. The maximum atomic E-state index is 4.37. The van der Waals surface area contributed by atoms with Crippen molar-refractivity contribution in [1.29, 1.82) is 0 Å². The highest BCUT2D eigenvalue weighted by Gasteiger charge is 2.10. The summed E-state index contributed by atoms with van der Waals surface area (Å²) in [5.41, 5.74) is 2.42. The van der Waals surface area contributed by atoms with Gasteiger partial charge in [0.05, 0.1) is 5.71 Å². The lowest BCUT2D eigenvalue weighted by molar-refractivity contribution is 0.434. The van der Waals surface area contributed by atoms with E-state index in [1.54, 1.807) is 0 Å². The van der Waals surface area contributed by atoms with Gasteiger partial charge in [-0.1, -0.05) is 6.58 Å². The summed E-state index contributed by atoms with van der Waals surface area (Å²) >= 11 is 0. The number of nitrogens with zero attached hydrogens (tertiary/aromatic N) is 2. The summed E-state index contributed by atoms with van der Waals surface area (Å²) in [5.74, 6) is 0. The molecule has 11 heavy (non-hydrogen) atoms. The second kappa shape index (κ2) is 3.56. The van der Waals surface area contributed by atoms with Gasteiger partial charge in [-0.2, -0.15) is 5.10 Å². The summed E-state index contributed by atoms with van der Waals surface area (Å²) in [4.78, 5) is 0. The summed E-state index contributed by atoms with van der Waals surface area (Å²) in [5, 5.41) is 6.22. The fraction of sp³-hybridized carbons (Fsp3) is 0.667. The zero-order chi connectivity index (χ0) is 8.27. The first-order chi connectivity index (χ1) is 5.20. The smallest absolute Gasteiger partial charge is 0.0631 e. The van der Waals surface area contributed by atoms with Gasteiger partial charge in [-0.05, 0) is 31.3 Å². The number of hydrogen-bond acceptors (Lipinski definition) is 2. The molecule has 0 unspecified atom stereocenters. The highest BCUT2D eigenvalue weighted by Crippen LogP contribution is 2.19. The summed E-state index contributed by atoms with van der Waals surface area (Å²) < 4.78 is 0. The Balaban J connectivity index is 2.61. The lowest BCUT2D eigenvalue weighted by Gasteiger charge is -2.17. The van der Waals surface area contributed by atoms with Crippen LogP contribution in [0.15, 0.2) is 17.3 Å². The van der Waals surface area contributed by atoms with E-state index < -0.39 is 0 Å². The molecule has 0 radical (unpaired) electrons. The number of allylic oxidation sites excluding steroid dienone is 1. The van der Waals surface area contributed by atoms with Gasteiger partial charge in [-0.15, -0.1) is 0 Å². The summed E-state index contributed by atoms with van der Waals surface area (Å²) in [7, 11) is 3.91. The molecule has 0 spiro atoms. The van der Waals surface area contributed by atoms with E-state index in [-0.39, 0.29) is 0 Å². The molecule has 0 aromatic carbocycles. The maximum Gasteiger partial charge on any atom is 0.0631 e. The predicted octanol–water partition coefficient (Wildman–Crippen LogP) is 2.03. The van der Waals surface area contributed by atoms with Crippen LogP contribution in [0.2, 0.25) is 0 Å². The van der Waals surface area contributed by atoms with E-state index >= 15 is 0 Å². The van der Waals surface area contributed by atoms with E-state index in [1.807, 2.05) is 19.1 Å². The Kier molecular flexibility index (Phi) is 2.69. The standard InChI is InChI=1S/C9H16N2/c1-8-6-4-5-7-9(8)10-11(2)3/h1,4-7H2,2-3H3/b10-9+. The summed E-state index contributed by atoms with van der Waals surface area (Å²) in [6, 6.07) is 0. The minimum Gasteiger partial charge on any atom is -0.303 e.